The second-order valence-electron chi connectivity index (χ2n) is 32.8. The molecule has 0 spiro atoms. The number of hydrogen-bond donors (Lipinski definition) is 10. The number of esters is 4. The van der Waals surface area contributed by atoms with Crippen molar-refractivity contribution in [2.24, 2.45) is 0 Å². The largest absolute Gasteiger partial charge is 0.472 e. The molecule has 0 bridgehead atoms. The summed E-state index contributed by atoms with van der Waals surface area (Å²) >= 11 is 0. The van der Waals surface area contributed by atoms with Gasteiger partial charge in [-0.2, -0.15) is 0 Å². The maximum absolute atomic E-state index is 14.9. The minimum absolute atomic E-state index is 0.0197. The normalized spacial score (nSPS) is 25.4. The molecular weight excluding hydrogens is 1480 g/mol. The van der Waals surface area contributed by atoms with E-state index in [1.807, 2.05) is 0 Å². The number of hydrogen-bond acceptors (Lipinski definition) is 24. The average molecular weight is 1640 g/mol. The van der Waals surface area contributed by atoms with Gasteiger partial charge in [0.2, 0.25) is 0 Å². The van der Waals surface area contributed by atoms with Crippen molar-refractivity contribution < 1.29 is 122 Å². The summed E-state index contributed by atoms with van der Waals surface area (Å²) < 4.78 is 73.3. The van der Waals surface area contributed by atoms with Gasteiger partial charge in [0, 0.05) is 25.7 Å². The minimum Gasteiger partial charge on any atom is -0.463 e. The molecule has 0 aromatic rings. The molecule has 1 saturated carbocycles. The molecule has 25 nitrogen and oxygen atoms in total. The average Bonchev–Trinajstić information content (AvgIpc) is 0.754. The second-order valence-corrected chi connectivity index (χ2v) is 34.2. The van der Waals surface area contributed by atoms with Crippen LogP contribution in [0.3, 0.4) is 0 Å². The molecule has 1 aliphatic carbocycles. The Kier molecular flexibility index (Phi) is 62.2. The van der Waals surface area contributed by atoms with Crippen molar-refractivity contribution >= 4 is 31.7 Å². The molecular formula is C87H163O25P. The number of aliphatic hydroxyl groups excluding tert-OH is 9. The molecule has 0 aromatic heterocycles. The van der Waals surface area contributed by atoms with Crippen molar-refractivity contribution in [3.05, 3.63) is 0 Å². The molecule has 2 aliphatic heterocycles. The van der Waals surface area contributed by atoms with Crippen LogP contribution in [-0.4, -0.2) is 205 Å². The third-order valence-electron chi connectivity index (χ3n) is 22.6. The van der Waals surface area contributed by atoms with Gasteiger partial charge in [0.25, 0.3) is 0 Å². The van der Waals surface area contributed by atoms with Crippen LogP contribution in [0.1, 0.15) is 400 Å². The summed E-state index contributed by atoms with van der Waals surface area (Å²) in [7, 11) is -5.80. The SMILES string of the molecule is CCCCCCCCCCCCCCCCCC(=O)OCC(COP(=O)(O)OC1C(OC2OC(CO)C(O)C(O)C2O)C(O)C(O)C(OC(=O)CCCCCCCCCCCCCCC)C1OC1OC(COC(=O)CCCCCCCCCCCCCCC)C(O)C(O)C1O)OC(=O)CCCCCCCCCCCCCCC. The molecule has 0 radical (unpaired) electrons. The van der Waals surface area contributed by atoms with Gasteiger partial charge in [-0.05, 0) is 25.7 Å². The molecule has 113 heavy (non-hydrogen) atoms. The topological polar surface area (TPSA) is 380 Å². The maximum Gasteiger partial charge on any atom is 0.472 e. The highest BCUT2D eigenvalue weighted by Crippen LogP contribution is 2.49. The van der Waals surface area contributed by atoms with E-state index in [2.05, 4.69) is 27.7 Å². The molecule has 0 amide bonds. The van der Waals surface area contributed by atoms with Gasteiger partial charge >= 0.3 is 31.7 Å². The zero-order valence-corrected chi connectivity index (χ0v) is 71.6. The highest BCUT2D eigenvalue weighted by atomic mass is 31.2. The number of phosphoric acid groups is 1. The predicted octanol–water partition coefficient (Wildman–Crippen LogP) is 16.2. The molecule has 3 fully saturated rings. The van der Waals surface area contributed by atoms with Gasteiger partial charge in [-0.15, -0.1) is 0 Å². The van der Waals surface area contributed by atoms with Crippen LogP contribution >= 0.6 is 7.82 Å². The molecule has 2 heterocycles. The monoisotopic (exact) mass is 1640 g/mol. The van der Waals surface area contributed by atoms with E-state index < -0.39 is 162 Å². The summed E-state index contributed by atoms with van der Waals surface area (Å²) in [5, 5.41) is 102. The van der Waals surface area contributed by atoms with E-state index in [4.69, 9.17) is 46.9 Å². The van der Waals surface area contributed by atoms with Crippen LogP contribution in [0.2, 0.25) is 0 Å². The number of ether oxygens (including phenoxy) is 8. The molecule has 0 aromatic carbocycles. The molecule has 18 atom stereocenters. The van der Waals surface area contributed by atoms with Crippen LogP contribution in [0.15, 0.2) is 0 Å². The molecule has 666 valence electrons. The Balaban J connectivity index is 1.92. The van der Waals surface area contributed by atoms with E-state index in [-0.39, 0.29) is 25.7 Å². The Hall–Kier alpha value is -2.53. The number of unbranched alkanes of at least 4 members (excludes halogenated alkanes) is 50. The Bertz CT molecular complexity index is 2360. The van der Waals surface area contributed by atoms with Gasteiger partial charge in [0.1, 0.15) is 92.6 Å². The Morgan fingerprint density at radius 1 is 0.319 bits per heavy atom. The molecule has 18 unspecified atom stereocenters. The van der Waals surface area contributed by atoms with E-state index in [9.17, 15) is 74.6 Å². The van der Waals surface area contributed by atoms with Crippen molar-refractivity contribution in [3.63, 3.8) is 0 Å². The lowest BCUT2D eigenvalue weighted by molar-refractivity contribution is -0.360. The van der Waals surface area contributed by atoms with Crippen molar-refractivity contribution in [1.29, 1.82) is 0 Å². The van der Waals surface area contributed by atoms with Crippen molar-refractivity contribution in [2.75, 3.05) is 26.4 Å². The van der Waals surface area contributed by atoms with Crippen LogP contribution in [-0.2, 0) is 70.7 Å². The van der Waals surface area contributed by atoms with E-state index in [0.29, 0.717) is 32.1 Å². The highest BCUT2D eigenvalue weighted by Gasteiger charge is 2.60. The molecule has 10 N–H and O–H groups in total. The Morgan fingerprint density at radius 2 is 0.611 bits per heavy atom. The van der Waals surface area contributed by atoms with Crippen molar-refractivity contribution in [2.45, 2.75) is 504 Å². The first-order valence-electron chi connectivity index (χ1n) is 45.8. The number of aliphatic hydroxyl groups is 9. The van der Waals surface area contributed by atoms with Crippen LogP contribution in [0.4, 0.5) is 0 Å². The fourth-order valence-corrected chi connectivity index (χ4v) is 16.3. The van der Waals surface area contributed by atoms with Gasteiger partial charge in [-0.1, -0.05) is 349 Å². The van der Waals surface area contributed by atoms with Gasteiger partial charge < -0.3 is 88.7 Å². The predicted molar refractivity (Wildman–Crippen MR) is 435 cm³/mol. The number of carbonyl (C=O) groups excluding carboxylic acids is 4. The molecule has 2 saturated heterocycles. The number of carbonyl (C=O) groups is 4. The lowest BCUT2D eigenvalue weighted by Gasteiger charge is -2.50. The first-order valence-corrected chi connectivity index (χ1v) is 47.3. The quantitative estimate of drug-likeness (QED) is 0.0117. The highest BCUT2D eigenvalue weighted by molar-refractivity contribution is 7.47. The van der Waals surface area contributed by atoms with Crippen LogP contribution < -0.4 is 0 Å². The lowest BCUT2D eigenvalue weighted by atomic mass is 9.84. The Morgan fingerprint density at radius 3 is 0.965 bits per heavy atom. The minimum atomic E-state index is -5.80. The van der Waals surface area contributed by atoms with Crippen LogP contribution in [0.25, 0.3) is 0 Å². The summed E-state index contributed by atoms with van der Waals surface area (Å²) in [4.78, 5) is 66.3. The summed E-state index contributed by atoms with van der Waals surface area (Å²) in [6.45, 7) is 5.60. The summed E-state index contributed by atoms with van der Waals surface area (Å²) in [6, 6.07) is 0. The molecule has 3 rings (SSSR count). The fourth-order valence-electron chi connectivity index (χ4n) is 15.3. The first kappa shape index (κ1) is 105. The van der Waals surface area contributed by atoms with Crippen molar-refractivity contribution in [1.82, 2.24) is 0 Å². The van der Waals surface area contributed by atoms with E-state index >= 15 is 0 Å². The standard InChI is InChI=1S/C87H163O25P/c1-5-9-13-17-21-25-29-33-34-38-40-43-47-51-55-59-70(89)103-64-67(106-72(91)61-57-53-49-45-41-36-31-27-23-19-15-11-7-3)65-105-113(101,102)112-85-83(110-86-80(99)76(95)74(93)68(63-88)107-86)79(98)78(97)82(109-73(92)62-58-54-50-46-42-37-32-28-24-20-16-12-8-4)84(85)111-87-81(100)77(96)75(94)69(108-87)66-104-71(90)60-56-52-48-44-39-35-30-26-22-18-14-10-6-2/h67-69,74-88,93-100H,5-66H2,1-4H3,(H,101,102). The Labute approximate surface area is 680 Å². The van der Waals surface area contributed by atoms with E-state index in [1.54, 1.807) is 0 Å². The molecule has 3 aliphatic rings. The maximum atomic E-state index is 14.9. The van der Waals surface area contributed by atoms with Crippen LogP contribution in [0, 0.1) is 0 Å². The van der Waals surface area contributed by atoms with Crippen LogP contribution in [0.5, 0.6) is 0 Å². The molecule has 26 heteroatoms. The zero-order chi connectivity index (χ0) is 82.5. The lowest BCUT2D eigenvalue weighted by Crippen LogP contribution is -2.70. The van der Waals surface area contributed by atoms with E-state index in [1.165, 1.54) is 186 Å². The van der Waals surface area contributed by atoms with Crippen molar-refractivity contribution in [3.8, 4) is 0 Å². The fraction of sp³-hybridized carbons (Fsp3) is 0.954. The van der Waals surface area contributed by atoms with Gasteiger partial charge in [0.15, 0.2) is 24.8 Å². The summed E-state index contributed by atoms with van der Waals surface area (Å²) in [5.41, 5.74) is 0. The zero-order valence-electron chi connectivity index (χ0n) is 70.7. The third-order valence-corrected chi connectivity index (χ3v) is 23.6. The third kappa shape index (κ3) is 47.9. The second kappa shape index (κ2) is 67.2. The summed E-state index contributed by atoms with van der Waals surface area (Å²) in [5.74, 6) is -2.94. The number of phosphoric ester groups is 1. The van der Waals surface area contributed by atoms with Gasteiger partial charge in [-0.3, -0.25) is 28.2 Å². The van der Waals surface area contributed by atoms with E-state index in [0.717, 1.165) is 128 Å². The van der Waals surface area contributed by atoms with Gasteiger partial charge in [0.05, 0.1) is 13.2 Å². The first-order chi connectivity index (χ1) is 54.7. The number of rotatable bonds is 74. The van der Waals surface area contributed by atoms with Gasteiger partial charge in [-0.25, -0.2) is 4.57 Å². The summed E-state index contributed by atoms with van der Waals surface area (Å²) in [6.07, 6.45) is 22.6. The smallest absolute Gasteiger partial charge is 0.463 e.